The fourth-order valence-corrected chi connectivity index (χ4v) is 3.84. The molecule has 0 bridgehead atoms. The summed E-state index contributed by atoms with van der Waals surface area (Å²) in [4.78, 5) is 23.1. The van der Waals surface area contributed by atoms with Crippen LogP contribution in [0.4, 0.5) is 0 Å². The molecule has 126 valence electrons. The Bertz CT molecular complexity index is 651. The highest BCUT2D eigenvalue weighted by atomic mass is 32.2. The van der Waals surface area contributed by atoms with Crippen molar-refractivity contribution in [2.24, 2.45) is 5.73 Å². The van der Waals surface area contributed by atoms with Crippen molar-refractivity contribution in [1.82, 2.24) is 5.32 Å². The first-order valence-corrected chi connectivity index (χ1v) is 9.55. The Morgan fingerprint density at radius 1 is 1.05 bits per heavy atom. The van der Waals surface area contributed by atoms with Crippen molar-refractivity contribution < 1.29 is 26.4 Å². The molecule has 2 atom stereocenters. The zero-order valence-electron chi connectivity index (χ0n) is 12.2. The van der Waals surface area contributed by atoms with Crippen molar-refractivity contribution in [1.29, 1.82) is 0 Å². The van der Waals surface area contributed by atoms with E-state index in [-0.39, 0.29) is 13.0 Å². The van der Waals surface area contributed by atoms with Crippen LogP contribution in [0.1, 0.15) is 19.8 Å². The number of nitrogens with two attached hydrogens (primary N) is 1. The van der Waals surface area contributed by atoms with E-state index < -0.39 is 48.4 Å². The van der Waals surface area contributed by atoms with Gasteiger partial charge in [-0.2, -0.15) is 0 Å². The van der Waals surface area contributed by atoms with Gasteiger partial charge in [-0.15, -0.1) is 0 Å². The van der Waals surface area contributed by atoms with E-state index in [1.807, 2.05) is 0 Å². The van der Waals surface area contributed by atoms with Crippen LogP contribution >= 0.6 is 0 Å². The molecular formula is C12H20N2O6S2. The van der Waals surface area contributed by atoms with Crippen LogP contribution in [0.25, 0.3) is 0 Å². The number of nitrogens with one attached hydrogen (secondary N) is 1. The second-order valence-electron chi connectivity index (χ2n) is 4.36. The van der Waals surface area contributed by atoms with Gasteiger partial charge in [0.2, 0.25) is 11.8 Å². The second-order valence-corrected chi connectivity index (χ2v) is 8.52. The van der Waals surface area contributed by atoms with E-state index >= 15 is 0 Å². The number of hydrogen-bond acceptors (Lipinski definition) is 6. The van der Waals surface area contributed by atoms with Gasteiger partial charge < -0.3 is 11.1 Å². The summed E-state index contributed by atoms with van der Waals surface area (Å²) in [6.07, 6.45) is -0.806. The lowest BCUT2D eigenvalue weighted by Gasteiger charge is -2.17. The molecule has 0 radical (unpaired) electrons. The van der Waals surface area contributed by atoms with Crippen LogP contribution in [0.5, 0.6) is 0 Å². The molecule has 0 aromatic heterocycles. The number of carbonyl (C=O) groups excluding carboxylic acids is 2. The van der Waals surface area contributed by atoms with Crippen LogP contribution in [0.15, 0.2) is 24.0 Å². The maximum atomic E-state index is 11.9. The summed E-state index contributed by atoms with van der Waals surface area (Å²) < 4.78 is 47.1. The minimum atomic E-state index is -4.01. The number of primary amides is 1. The van der Waals surface area contributed by atoms with Gasteiger partial charge in [0.15, 0.2) is 19.7 Å². The summed E-state index contributed by atoms with van der Waals surface area (Å²) in [5.41, 5.74) is 5.02. The standard InChI is InChI=1S/C12H20N2O6S2/c1-4-14-12(16)10(22(19,20)6-3)8-7-9(11(13)15)21(17,18)5-2/h5-6,9-10H,2-4,7-8H2,1H3,(H2,13,15)(H,14,16). The smallest absolute Gasteiger partial charge is 0.238 e. The van der Waals surface area contributed by atoms with Crippen molar-refractivity contribution >= 4 is 31.5 Å². The monoisotopic (exact) mass is 352 g/mol. The molecule has 2 amide bonds. The average Bonchev–Trinajstić information content (AvgIpc) is 2.42. The van der Waals surface area contributed by atoms with E-state index in [1.54, 1.807) is 6.92 Å². The summed E-state index contributed by atoms with van der Waals surface area (Å²) in [5, 5.41) is 0.362. The average molecular weight is 352 g/mol. The fourth-order valence-electron chi connectivity index (χ4n) is 1.74. The van der Waals surface area contributed by atoms with Crippen molar-refractivity contribution in [3.63, 3.8) is 0 Å². The lowest BCUT2D eigenvalue weighted by Crippen LogP contribution is -2.41. The topological polar surface area (TPSA) is 140 Å². The van der Waals surface area contributed by atoms with Crippen molar-refractivity contribution in [3.05, 3.63) is 24.0 Å². The lowest BCUT2D eigenvalue weighted by atomic mass is 10.1. The molecule has 0 heterocycles. The predicted octanol–water partition coefficient (Wildman–Crippen LogP) is -0.758. The number of hydrogen-bond donors (Lipinski definition) is 2. The fraction of sp³-hybridized carbons (Fsp3) is 0.500. The largest absolute Gasteiger partial charge is 0.369 e. The molecule has 0 aliphatic rings. The summed E-state index contributed by atoms with van der Waals surface area (Å²) in [6, 6.07) is 0. The van der Waals surface area contributed by atoms with Gasteiger partial charge in [-0.25, -0.2) is 16.8 Å². The zero-order chi connectivity index (χ0) is 17.6. The van der Waals surface area contributed by atoms with Crippen LogP contribution in [0, 0.1) is 0 Å². The van der Waals surface area contributed by atoms with Gasteiger partial charge in [0.25, 0.3) is 0 Å². The van der Waals surface area contributed by atoms with Gasteiger partial charge in [0.1, 0.15) is 10.5 Å². The van der Waals surface area contributed by atoms with Crippen molar-refractivity contribution in [3.8, 4) is 0 Å². The minimum absolute atomic E-state index is 0.201. The lowest BCUT2D eigenvalue weighted by molar-refractivity contribution is -0.121. The van der Waals surface area contributed by atoms with Crippen LogP contribution in [0.3, 0.4) is 0 Å². The molecule has 3 N–H and O–H groups in total. The van der Waals surface area contributed by atoms with Crippen molar-refractivity contribution in [2.45, 2.75) is 30.3 Å². The van der Waals surface area contributed by atoms with Gasteiger partial charge in [0, 0.05) is 17.4 Å². The molecule has 22 heavy (non-hydrogen) atoms. The third-order valence-corrected chi connectivity index (χ3v) is 6.34. The number of rotatable bonds is 10. The normalized spacial score (nSPS) is 14.6. The number of amides is 2. The highest BCUT2D eigenvalue weighted by molar-refractivity contribution is 7.96. The highest BCUT2D eigenvalue weighted by Gasteiger charge is 2.34. The first-order chi connectivity index (χ1) is 10.0. The Labute approximate surface area is 130 Å². The molecule has 0 rings (SSSR count). The Kier molecular flexibility index (Phi) is 7.47. The maximum absolute atomic E-state index is 11.9. The Morgan fingerprint density at radius 2 is 1.45 bits per heavy atom. The van der Waals surface area contributed by atoms with Gasteiger partial charge in [-0.05, 0) is 19.8 Å². The van der Waals surface area contributed by atoms with E-state index in [1.165, 1.54) is 0 Å². The Balaban J connectivity index is 5.42. The number of sulfone groups is 2. The summed E-state index contributed by atoms with van der Waals surface area (Å²) in [7, 11) is -7.98. The number of carbonyl (C=O) groups is 2. The third kappa shape index (κ3) is 5.26. The van der Waals surface area contributed by atoms with Crippen LogP contribution < -0.4 is 11.1 Å². The summed E-state index contributed by atoms with van der Waals surface area (Å²) >= 11 is 0. The SMILES string of the molecule is C=CS(=O)(=O)C(CCC(C(=O)NCC)S(=O)(=O)C=C)C(N)=O. The molecule has 0 aromatic carbocycles. The predicted molar refractivity (Wildman–Crippen MR) is 82.9 cm³/mol. The van der Waals surface area contributed by atoms with Crippen molar-refractivity contribution in [2.75, 3.05) is 6.54 Å². The Morgan fingerprint density at radius 3 is 1.82 bits per heavy atom. The first kappa shape index (κ1) is 20.3. The van der Waals surface area contributed by atoms with E-state index in [9.17, 15) is 26.4 Å². The highest BCUT2D eigenvalue weighted by Crippen LogP contribution is 2.17. The van der Waals surface area contributed by atoms with Gasteiger partial charge >= 0.3 is 0 Å². The summed E-state index contributed by atoms with van der Waals surface area (Å²) in [5.74, 6) is -1.92. The quantitative estimate of drug-likeness (QED) is 0.529. The van der Waals surface area contributed by atoms with Gasteiger partial charge in [-0.1, -0.05) is 13.2 Å². The third-order valence-electron chi connectivity index (χ3n) is 2.91. The minimum Gasteiger partial charge on any atom is -0.369 e. The van der Waals surface area contributed by atoms with Crippen LogP contribution in [-0.4, -0.2) is 45.7 Å². The van der Waals surface area contributed by atoms with Gasteiger partial charge in [-0.3, -0.25) is 9.59 Å². The molecule has 0 aliphatic carbocycles. The summed E-state index contributed by atoms with van der Waals surface area (Å²) in [6.45, 7) is 8.01. The molecular weight excluding hydrogens is 332 g/mol. The van der Waals surface area contributed by atoms with Gasteiger partial charge in [0.05, 0.1) is 0 Å². The molecule has 8 nitrogen and oxygen atoms in total. The molecule has 0 spiro atoms. The van der Waals surface area contributed by atoms with E-state index in [2.05, 4.69) is 18.5 Å². The van der Waals surface area contributed by atoms with Crippen LogP contribution in [0.2, 0.25) is 0 Å². The molecule has 10 heteroatoms. The molecule has 0 saturated carbocycles. The van der Waals surface area contributed by atoms with E-state index in [4.69, 9.17) is 5.73 Å². The molecule has 0 aromatic rings. The zero-order valence-corrected chi connectivity index (χ0v) is 13.8. The first-order valence-electron chi connectivity index (χ1n) is 6.33. The maximum Gasteiger partial charge on any atom is 0.238 e. The van der Waals surface area contributed by atoms with Crippen LogP contribution in [-0.2, 0) is 29.3 Å². The van der Waals surface area contributed by atoms with E-state index in [0.29, 0.717) is 10.8 Å². The molecule has 0 saturated heterocycles. The molecule has 2 unspecified atom stereocenters. The molecule has 0 aliphatic heterocycles. The van der Waals surface area contributed by atoms with E-state index in [0.717, 1.165) is 0 Å². The Hall–Kier alpha value is -1.68. The second kappa shape index (κ2) is 8.08. The molecule has 0 fully saturated rings.